The lowest BCUT2D eigenvalue weighted by molar-refractivity contribution is -0.131. The summed E-state index contributed by atoms with van der Waals surface area (Å²) in [5.74, 6) is 1.33. The van der Waals surface area contributed by atoms with Gasteiger partial charge < -0.3 is 15.0 Å². The van der Waals surface area contributed by atoms with Gasteiger partial charge in [0.2, 0.25) is 5.91 Å². The predicted molar refractivity (Wildman–Crippen MR) is 86.3 cm³/mol. The molecule has 23 heavy (non-hydrogen) atoms. The lowest BCUT2D eigenvalue weighted by Crippen LogP contribution is -2.44. The van der Waals surface area contributed by atoms with E-state index in [4.69, 9.17) is 4.74 Å². The number of nitrogens with zero attached hydrogens (tertiary/aromatic N) is 4. The van der Waals surface area contributed by atoms with Crippen LogP contribution < -0.4 is 5.32 Å². The molecule has 2 aromatic rings. The molecule has 1 unspecified atom stereocenters. The maximum absolute atomic E-state index is 12.3. The van der Waals surface area contributed by atoms with E-state index in [0.717, 1.165) is 30.9 Å². The highest BCUT2D eigenvalue weighted by molar-refractivity contribution is 5.78. The number of ether oxygens (including phenoxy) is 1. The lowest BCUT2D eigenvalue weighted by Gasteiger charge is -2.32. The van der Waals surface area contributed by atoms with Crippen molar-refractivity contribution in [2.45, 2.75) is 18.8 Å². The van der Waals surface area contributed by atoms with Gasteiger partial charge in [0.15, 0.2) is 5.65 Å². The van der Waals surface area contributed by atoms with Gasteiger partial charge in [-0.1, -0.05) is 6.07 Å². The van der Waals surface area contributed by atoms with E-state index in [-0.39, 0.29) is 11.8 Å². The van der Waals surface area contributed by atoms with Crippen LogP contribution in [0.3, 0.4) is 0 Å². The van der Waals surface area contributed by atoms with Crippen molar-refractivity contribution in [3.05, 3.63) is 30.2 Å². The van der Waals surface area contributed by atoms with Crippen LogP contribution in [0.5, 0.6) is 0 Å². The fourth-order valence-electron chi connectivity index (χ4n) is 3.03. The number of amides is 1. The monoisotopic (exact) mass is 317 g/mol. The van der Waals surface area contributed by atoms with Crippen molar-refractivity contribution in [3.63, 3.8) is 0 Å². The number of hydrogen-bond donors (Lipinski definition) is 1. The van der Waals surface area contributed by atoms with Crippen LogP contribution in [-0.2, 0) is 9.53 Å². The fourth-order valence-corrected chi connectivity index (χ4v) is 3.03. The van der Waals surface area contributed by atoms with E-state index < -0.39 is 0 Å². The number of carbonyl (C=O) groups is 1. The number of aromatic nitrogens is 3. The summed E-state index contributed by atoms with van der Waals surface area (Å²) in [6, 6.07) is 5.88. The Morgan fingerprint density at radius 1 is 1.43 bits per heavy atom. The summed E-state index contributed by atoms with van der Waals surface area (Å²) in [6.07, 6.45) is 4.02. The average molecular weight is 317 g/mol. The number of nitrogens with one attached hydrogen (secondary N) is 1. The SMILES string of the molecule is COCCNCC(=O)N1CCCC(c2nnc3ccccn23)C1. The Labute approximate surface area is 135 Å². The Balaban J connectivity index is 1.63. The molecule has 1 atom stereocenters. The first-order valence-electron chi connectivity index (χ1n) is 8.06. The molecule has 1 aliphatic heterocycles. The van der Waals surface area contributed by atoms with Crippen LogP contribution in [0.15, 0.2) is 24.4 Å². The van der Waals surface area contributed by atoms with Crippen molar-refractivity contribution in [3.8, 4) is 0 Å². The number of methoxy groups -OCH3 is 1. The van der Waals surface area contributed by atoms with Gasteiger partial charge in [-0.15, -0.1) is 10.2 Å². The first-order valence-corrected chi connectivity index (χ1v) is 8.06. The molecular weight excluding hydrogens is 294 g/mol. The van der Waals surface area contributed by atoms with Gasteiger partial charge in [-0.25, -0.2) is 0 Å². The van der Waals surface area contributed by atoms with Crippen molar-refractivity contribution in [2.24, 2.45) is 0 Å². The first kappa shape index (κ1) is 15.9. The third kappa shape index (κ3) is 3.68. The summed E-state index contributed by atoms with van der Waals surface area (Å²) in [5, 5.41) is 11.7. The molecular formula is C16H23N5O2. The third-order valence-corrected chi connectivity index (χ3v) is 4.24. The number of rotatable bonds is 6. The van der Waals surface area contributed by atoms with Crippen molar-refractivity contribution < 1.29 is 9.53 Å². The van der Waals surface area contributed by atoms with Gasteiger partial charge in [-0.2, -0.15) is 0 Å². The zero-order chi connectivity index (χ0) is 16.1. The highest BCUT2D eigenvalue weighted by Crippen LogP contribution is 2.25. The van der Waals surface area contributed by atoms with Crippen molar-refractivity contribution in [1.82, 2.24) is 24.8 Å². The van der Waals surface area contributed by atoms with E-state index >= 15 is 0 Å². The van der Waals surface area contributed by atoms with Crippen LogP contribution >= 0.6 is 0 Å². The average Bonchev–Trinajstić information content (AvgIpc) is 3.03. The topological polar surface area (TPSA) is 71.8 Å². The molecule has 124 valence electrons. The van der Waals surface area contributed by atoms with E-state index in [1.54, 1.807) is 7.11 Å². The summed E-state index contributed by atoms with van der Waals surface area (Å²) in [5.41, 5.74) is 0.854. The Morgan fingerprint density at radius 3 is 3.22 bits per heavy atom. The van der Waals surface area contributed by atoms with Gasteiger partial charge in [-0.05, 0) is 25.0 Å². The number of hydrogen-bond acceptors (Lipinski definition) is 5. The Morgan fingerprint density at radius 2 is 2.35 bits per heavy atom. The highest BCUT2D eigenvalue weighted by Gasteiger charge is 2.27. The summed E-state index contributed by atoms with van der Waals surface area (Å²) >= 11 is 0. The number of fused-ring (bicyclic) bond motifs is 1. The number of likely N-dealkylation sites (tertiary alicyclic amines) is 1. The minimum Gasteiger partial charge on any atom is -0.383 e. The van der Waals surface area contributed by atoms with Crippen LogP contribution in [0.1, 0.15) is 24.6 Å². The molecule has 0 radical (unpaired) electrons. The molecule has 7 nitrogen and oxygen atoms in total. The molecule has 7 heteroatoms. The zero-order valence-electron chi connectivity index (χ0n) is 13.4. The first-order chi connectivity index (χ1) is 11.3. The Bertz CT molecular complexity index is 657. The summed E-state index contributed by atoms with van der Waals surface area (Å²) in [4.78, 5) is 14.2. The second-order valence-electron chi connectivity index (χ2n) is 5.84. The molecule has 1 saturated heterocycles. The molecule has 0 aliphatic carbocycles. The molecule has 1 fully saturated rings. The van der Waals surface area contributed by atoms with E-state index in [1.807, 2.05) is 33.7 Å². The van der Waals surface area contributed by atoms with E-state index in [2.05, 4.69) is 15.5 Å². The molecule has 0 aromatic carbocycles. The minimum absolute atomic E-state index is 0.139. The number of carbonyl (C=O) groups excluding carboxylic acids is 1. The largest absolute Gasteiger partial charge is 0.383 e. The summed E-state index contributed by atoms with van der Waals surface area (Å²) in [6.45, 7) is 3.19. The number of pyridine rings is 1. The molecule has 0 spiro atoms. The quantitative estimate of drug-likeness (QED) is 0.793. The molecule has 1 N–H and O–H groups in total. The van der Waals surface area contributed by atoms with Gasteiger partial charge in [0.1, 0.15) is 5.82 Å². The Hall–Kier alpha value is -1.99. The molecule has 3 rings (SSSR count). The van der Waals surface area contributed by atoms with Gasteiger partial charge in [-0.3, -0.25) is 9.20 Å². The lowest BCUT2D eigenvalue weighted by atomic mass is 9.97. The zero-order valence-corrected chi connectivity index (χ0v) is 13.4. The molecule has 0 bridgehead atoms. The van der Waals surface area contributed by atoms with E-state index in [1.165, 1.54) is 0 Å². The standard InChI is InChI=1S/C16H23N5O2/c1-23-10-7-17-11-15(22)20-8-4-5-13(12-20)16-19-18-14-6-2-3-9-21(14)16/h2-3,6,9,13,17H,4-5,7-8,10-12H2,1H3. The molecule has 0 saturated carbocycles. The number of piperidine rings is 1. The van der Waals surface area contributed by atoms with Gasteiger partial charge in [0.05, 0.1) is 13.2 Å². The molecule has 1 aliphatic rings. The van der Waals surface area contributed by atoms with Crippen molar-refractivity contribution >= 4 is 11.6 Å². The molecule has 3 heterocycles. The smallest absolute Gasteiger partial charge is 0.236 e. The van der Waals surface area contributed by atoms with Gasteiger partial charge in [0.25, 0.3) is 0 Å². The van der Waals surface area contributed by atoms with Crippen LogP contribution in [0.25, 0.3) is 5.65 Å². The normalized spacial score (nSPS) is 18.5. The van der Waals surface area contributed by atoms with Crippen molar-refractivity contribution in [1.29, 1.82) is 0 Å². The minimum atomic E-state index is 0.139. The predicted octanol–water partition coefficient (Wildman–Crippen LogP) is 0.671. The second kappa shape index (κ2) is 7.52. The van der Waals surface area contributed by atoms with Crippen molar-refractivity contribution in [2.75, 3.05) is 39.9 Å². The van der Waals surface area contributed by atoms with Gasteiger partial charge in [0, 0.05) is 38.9 Å². The molecule has 1 amide bonds. The van der Waals surface area contributed by atoms with E-state index in [0.29, 0.717) is 26.2 Å². The molecule has 2 aromatic heterocycles. The van der Waals surface area contributed by atoms with Crippen LogP contribution in [-0.4, -0.2) is 65.3 Å². The Kier molecular flexibility index (Phi) is 5.19. The van der Waals surface area contributed by atoms with Crippen LogP contribution in [0.4, 0.5) is 0 Å². The summed E-state index contributed by atoms with van der Waals surface area (Å²) < 4.78 is 6.99. The summed E-state index contributed by atoms with van der Waals surface area (Å²) in [7, 11) is 1.65. The third-order valence-electron chi connectivity index (χ3n) is 4.24. The van der Waals surface area contributed by atoms with Crippen LogP contribution in [0.2, 0.25) is 0 Å². The van der Waals surface area contributed by atoms with E-state index in [9.17, 15) is 4.79 Å². The maximum atomic E-state index is 12.3. The second-order valence-corrected chi connectivity index (χ2v) is 5.84. The fraction of sp³-hybridized carbons (Fsp3) is 0.562. The van der Waals surface area contributed by atoms with Gasteiger partial charge >= 0.3 is 0 Å². The highest BCUT2D eigenvalue weighted by atomic mass is 16.5. The van der Waals surface area contributed by atoms with Crippen LogP contribution in [0, 0.1) is 0 Å². The maximum Gasteiger partial charge on any atom is 0.236 e.